The molecule has 1 N–H and O–H groups in total. The van der Waals surface area contributed by atoms with Gasteiger partial charge in [-0.15, -0.1) is 0 Å². The summed E-state index contributed by atoms with van der Waals surface area (Å²) < 4.78 is 25.5. The van der Waals surface area contributed by atoms with Crippen molar-refractivity contribution >= 4 is 5.91 Å². The van der Waals surface area contributed by atoms with Crippen LogP contribution in [0.2, 0.25) is 0 Å². The molecule has 1 saturated carbocycles. The fourth-order valence-electron chi connectivity index (χ4n) is 2.16. The Kier molecular flexibility index (Phi) is 3.71. The normalized spacial score (nSPS) is 17.4. The van der Waals surface area contributed by atoms with Gasteiger partial charge in [-0.1, -0.05) is 19.3 Å². The number of hydrogen-bond donors (Lipinski definition) is 1. The third-order valence-corrected chi connectivity index (χ3v) is 3.03. The number of alkyl halides is 2. The minimum atomic E-state index is -2.78. The number of carbonyl (C=O) groups is 1. The van der Waals surface area contributed by atoms with Gasteiger partial charge in [-0.2, -0.15) is 18.6 Å². The third kappa shape index (κ3) is 2.81. The van der Waals surface area contributed by atoms with E-state index in [-0.39, 0.29) is 11.7 Å². The molecule has 1 amide bonds. The average molecular weight is 243 g/mol. The highest BCUT2D eigenvalue weighted by atomic mass is 19.3. The summed E-state index contributed by atoms with van der Waals surface area (Å²) in [6, 6.07) is 1.42. The van der Waals surface area contributed by atoms with Crippen LogP contribution >= 0.6 is 0 Å². The molecule has 0 saturated heterocycles. The highest BCUT2D eigenvalue weighted by Crippen LogP contribution is 2.18. The Balaban J connectivity index is 2.01. The molecule has 6 heteroatoms. The van der Waals surface area contributed by atoms with E-state index < -0.39 is 12.5 Å². The molecule has 0 bridgehead atoms. The zero-order chi connectivity index (χ0) is 12.3. The summed E-state index contributed by atoms with van der Waals surface area (Å²) in [6.07, 6.45) is 6.41. The van der Waals surface area contributed by atoms with Crippen LogP contribution < -0.4 is 5.32 Å². The SMILES string of the molecule is O=C(NC1CCCCC1)c1ccnn1C(F)F. The lowest BCUT2D eigenvalue weighted by molar-refractivity contribution is 0.0505. The van der Waals surface area contributed by atoms with Crippen molar-refractivity contribution in [1.82, 2.24) is 15.1 Å². The summed E-state index contributed by atoms with van der Waals surface area (Å²) in [6.45, 7) is -2.78. The van der Waals surface area contributed by atoms with Crippen molar-refractivity contribution in [3.63, 3.8) is 0 Å². The van der Waals surface area contributed by atoms with Crippen LogP contribution in [0.4, 0.5) is 8.78 Å². The van der Waals surface area contributed by atoms with Crippen LogP contribution in [-0.4, -0.2) is 21.7 Å². The largest absolute Gasteiger partial charge is 0.348 e. The van der Waals surface area contributed by atoms with Gasteiger partial charge in [0.25, 0.3) is 5.91 Å². The van der Waals surface area contributed by atoms with Crippen molar-refractivity contribution in [2.45, 2.75) is 44.7 Å². The van der Waals surface area contributed by atoms with E-state index >= 15 is 0 Å². The molecule has 17 heavy (non-hydrogen) atoms. The molecule has 1 aliphatic rings. The van der Waals surface area contributed by atoms with Crippen molar-refractivity contribution < 1.29 is 13.6 Å². The first-order valence-electron chi connectivity index (χ1n) is 5.81. The highest BCUT2D eigenvalue weighted by Gasteiger charge is 2.21. The number of hydrogen-bond acceptors (Lipinski definition) is 2. The number of aromatic nitrogens is 2. The first kappa shape index (κ1) is 12.0. The summed E-state index contributed by atoms with van der Waals surface area (Å²) in [5.41, 5.74) is -0.0782. The number of amides is 1. The zero-order valence-corrected chi connectivity index (χ0v) is 9.40. The van der Waals surface area contributed by atoms with Gasteiger partial charge >= 0.3 is 6.55 Å². The van der Waals surface area contributed by atoms with Crippen molar-refractivity contribution in [2.75, 3.05) is 0 Å². The maximum Gasteiger partial charge on any atom is 0.333 e. The van der Waals surface area contributed by atoms with Crippen LogP contribution in [-0.2, 0) is 0 Å². The van der Waals surface area contributed by atoms with Crippen molar-refractivity contribution in [1.29, 1.82) is 0 Å². The Labute approximate surface area is 98.0 Å². The van der Waals surface area contributed by atoms with E-state index in [0.717, 1.165) is 25.7 Å². The van der Waals surface area contributed by atoms with Gasteiger partial charge in [-0.05, 0) is 18.9 Å². The van der Waals surface area contributed by atoms with Crippen molar-refractivity contribution in [2.24, 2.45) is 0 Å². The molecule has 0 aliphatic heterocycles. The van der Waals surface area contributed by atoms with Gasteiger partial charge < -0.3 is 5.32 Å². The van der Waals surface area contributed by atoms with Crippen LogP contribution in [0.15, 0.2) is 12.3 Å². The molecule has 0 radical (unpaired) electrons. The van der Waals surface area contributed by atoms with Gasteiger partial charge in [0.15, 0.2) is 0 Å². The zero-order valence-electron chi connectivity index (χ0n) is 9.40. The van der Waals surface area contributed by atoms with E-state index in [4.69, 9.17) is 0 Å². The molecule has 94 valence electrons. The second-order valence-electron chi connectivity index (χ2n) is 4.25. The van der Waals surface area contributed by atoms with Crippen LogP contribution in [0.25, 0.3) is 0 Å². The molecule has 1 heterocycles. The number of carbonyl (C=O) groups excluding carboxylic acids is 1. The molecule has 1 fully saturated rings. The topological polar surface area (TPSA) is 46.9 Å². The monoisotopic (exact) mass is 243 g/mol. The van der Waals surface area contributed by atoms with E-state index in [2.05, 4.69) is 10.4 Å². The molecule has 1 aromatic rings. The summed E-state index contributed by atoms with van der Waals surface area (Å²) >= 11 is 0. The van der Waals surface area contributed by atoms with E-state index in [9.17, 15) is 13.6 Å². The third-order valence-electron chi connectivity index (χ3n) is 3.03. The predicted octanol–water partition coefficient (Wildman–Crippen LogP) is 2.34. The van der Waals surface area contributed by atoms with Crippen molar-refractivity contribution in [3.05, 3.63) is 18.0 Å². The van der Waals surface area contributed by atoms with Gasteiger partial charge in [-0.3, -0.25) is 4.79 Å². The standard InChI is InChI=1S/C11H15F2N3O/c12-11(13)16-9(6-7-14-16)10(17)15-8-4-2-1-3-5-8/h6-8,11H,1-5H2,(H,15,17). The van der Waals surface area contributed by atoms with Gasteiger partial charge in [0.05, 0.1) is 0 Å². The van der Waals surface area contributed by atoms with Crippen LogP contribution in [0, 0.1) is 0 Å². The predicted molar refractivity (Wildman–Crippen MR) is 57.8 cm³/mol. The Hall–Kier alpha value is -1.46. The Bertz CT molecular complexity index is 386. The number of nitrogens with one attached hydrogen (secondary N) is 1. The summed E-state index contributed by atoms with van der Waals surface area (Å²) in [4.78, 5) is 11.8. The lowest BCUT2D eigenvalue weighted by Gasteiger charge is -2.22. The Morgan fingerprint density at radius 1 is 1.41 bits per heavy atom. The molecule has 0 atom stereocenters. The lowest BCUT2D eigenvalue weighted by Crippen LogP contribution is -2.37. The Morgan fingerprint density at radius 2 is 2.12 bits per heavy atom. The fraction of sp³-hybridized carbons (Fsp3) is 0.636. The van der Waals surface area contributed by atoms with Crippen LogP contribution in [0.1, 0.15) is 49.1 Å². The van der Waals surface area contributed by atoms with Gasteiger partial charge in [0.1, 0.15) is 5.69 Å². The van der Waals surface area contributed by atoms with Crippen LogP contribution in [0.5, 0.6) is 0 Å². The first-order valence-corrected chi connectivity index (χ1v) is 5.81. The molecule has 0 aromatic carbocycles. The van der Waals surface area contributed by atoms with E-state index in [1.807, 2.05) is 0 Å². The highest BCUT2D eigenvalue weighted by molar-refractivity contribution is 5.92. The van der Waals surface area contributed by atoms with E-state index in [1.165, 1.54) is 18.7 Å². The Morgan fingerprint density at radius 3 is 2.76 bits per heavy atom. The molecule has 0 unspecified atom stereocenters. The summed E-state index contributed by atoms with van der Waals surface area (Å²) in [5.74, 6) is -0.463. The minimum absolute atomic E-state index is 0.0782. The first-order chi connectivity index (χ1) is 8.18. The number of rotatable bonds is 3. The van der Waals surface area contributed by atoms with Gasteiger partial charge in [-0.25, -0.2) is 0 Å². The average Bonchev–Trinajstić information content (AvgIpc) is 2.79. The number of halogens is 2. The quantitative estimate of drug-likeness (QED) is 0.885. The second-order valence-corrected chi connectivity index (χ2v) is 4.25. The maximum atomic E-state index is 12.5. The number of nitrogens with zero attached hydrogens (tertiary/aromatic N) is 2. The summed E-state index contributed by atoms with van der Waals surface area (Å²) in [7, 11) is 0. The molecule has 2 rings (SSSR count). The smallest absolute Gasteiger partial charge is 0.333 e. The second kappa shape index (κ2) is 5.25. The molecule has 0 spiro atoms. The molecular weight excluding hydrogens is 228 g/mol. The minimum Gasteiger partial charge on any atom is -0.348 e. The van der Waals surface area contributed by atoms with Gasteiger partial charge in [0.2, 0.25) is 0 Å². The molecule has 1 aliphatic carbocycles. The molecule has 4 nitrogen and oxygen atoms in total. The van der Waals surface area contributed by atoms with Gasteiger partial charge in [0, 0.05) is 12.2 Å². The fourth-order valence-corrected chi connectivity index (χ4v) is 2.16. The molecular formula is C11H15F2N3O. The van der Waals surface area contributed by atoms with E-state index in [0.29, 0.717) is 4.68 Å². The van der Waals surface area contributed by atoms with Crippen molar-refractivity contribution in [3.8, 4) is 0 Å². The van der Waals surface area contributed by atoms with Crippen LogP contribution in [0.3, 0.4) is 0 Å². The maximum absolute atomic E-state index is 12.5. The lowest BCUT2D eigenvalue weighted by atomic mass is 9.95. The summed E-state index contributed by atoms with van der Waals surface area (Å²) in [5, 5.41) is 6.22. The molecule has 1 aromatic heterocycles. The van der Waals surface area contributed by atoms with E-state index in [1.54, 1.807) is 0 Å².